The summed E-state index contributed by atoms with van der Waals surface area (Å²) in [5.74, 6) is 0. The van der Waals surface area contributed by atoms with Gasteiger partial charge in [-0.3, -0.25) is 6.79 Å². The summed E-state index contributed by atoms with van der Waals surface area (Å²) in [5, 5.41) is 0. The Balaban J connectivity index is -0.00000000500. The molecule has 0 amide bonds. The van der Waals surface area contributed by atoms with Gasteiger partial charge >= 0.3 is 21.1 Å². The van der Waals surface area contributed by atoms with Crippen LogP contribution in [0, 0.1) is 7.43 Å². The predicted octanol–water partition coefficient (Wildman–Crippen LogP) is 0.174. The van der Waals surface area contributed by atoms with Crippen LogP contribution in [-0.4, -0.2) is 6.79 Å². The third-order valence-corrected chi connectivity index (χ3v) is 0. The topological polar surface area (TPSA) is 17.1 Å². The molecule has 0 aromatic rings. The van der Waals surface area contributed by atoms with E-state index in [1.807, 2.05) is 0 Å². The van der Waals surface area contributed by atoms with E-state index in [1.165, 1.54) is 0 Å². The third-order valence-electron chi connectivity index (χ3n) is 0. The SMILES string of the molecule is [CH-]=O.[CH3-].[W+2]. The summed E-state index contributed by atoms with van der Waals surface area (Å²) in [4.78, 5) is 7.75. The standard InChI is InChI=1S/CHO.CH3.W/c1-2;;/h1H;1H3;/q2*-1;+2. The number of rotatable bonds is 0. The van der Waals surface area contributed by atoms with E-state index in [0.29, 0.717) is 0 Å². The summed E-state index contributed by atoms with van der Waals surface area (Å²) in [5.41, 5.74) is 0. The molecule has 0 aliphatic carbocycles. The molecule has 0 spiro atoms. The Morgan fingerprint density at radius 1 is 1.25 bits per heavy atom. The van der Waals surface area contributed by atoms with Crippen molar-refractivity contribution in [2.45, 2.75) is 0 Å². The second kappa shape index (κ2) is 145. The molecule has 1 nitrogen and oxygen atoms in total. The molecular weight excluding hydrogens is 224 g/mol. The van der Waals surface area contributed by atoms with E-state index < -0.39 is 0 Å². The average Bonchev–Trinajstić information content (AvgIpc) is 1.00. The van der Waals surface area contributed by atoms with Crippen molar-refractivity contribution in [3.8, 4) is 0 Å². The van der Waals surface area contributed by atoms with Crippen LogP contribution < -0.4 is 0 Å². The summed E-state index contributed by atoms with van der Waals surface area (Å²) in [6.07, 6.45) is 0. The molecule has 0 unspecified atom stereocenters. The van der Waals surface area contributed by atoms with Gasteiger partial charge < -0.3 is 12.2 Å². The number of carbonyl (C=O) groups excluding carboxylic acids is 1. The minimum absolute atomic E-state index is 0. The van der Waals surface area contributed by atoms with E-state index in [-0.39, 0.29) is 28.5 Å². The fraction of sp³-hybridized carbons (Fsp3) is 0. The minimum Gasteiger partial charge on any atom is -0.545 e. The number of hydrogen-bond donors (Lipinski definition) is 0. The summed E-state index contributed by atoms with van der Waals surface area (Å²) in [6, 6.07) is 0. The van der Waals surface area contributed by atoms with Crippen LogP contribution in [0.2, 0.25) is 0 Å². The van der Waals surface area contributed by atoms with Crippen LogP contribution in [0.25, 0.3) is 0 Å². The molecule has 0 bridgehead atoms. The van der Waals surface area contributed by atoms with Crippen LogP contribution >= 0.6 is 0 Å². The van der Waals surface area contributed by atoms with Gasteiger partial charge in [0, 0.05) is 0 Å². The van der Waals surface area contributed by atoms with Crippen molar-refractivity contribution in [2.24, 2.45) is 0 Å². The molecule has 0 aliphatic heterocycles. The van der Waals surface area contributed by atoms with Crippen molar-refractivity contribution in [1.82, 2.24) is 0 Å². The van der Waals surface area contributed by atoms with Crippen LogP contribution in [0.15, 0.2) is 0 Å². The zero-order valence-corrected chi connectivity index (χ0v) is 5.33. The van der Waals surface area contributed by atoms with Gasteiger partial charge in [0.1, 0.15) is 0 Å². The molecule has 0 radical (unpaired) electrons. The van der Waals surface area contributed by atoms with Crippen LogP contribution in [0.4, 0.5) is 0 Å². The first-order valence-electron chi connectivity index (χ1n) is 0.236. The van der Waals surface area contributed by atoms with Gasteiger partial charge in [0.15, 0.2) is 0 Å². The molecule has 0 atom stereocenters. The summed E-state index contributed by atoms with van der Waals surface area (Å²) in [6.45, 7) is 3.25. The van der Waals surface area contributed by atoms with Gasteiger partial charge in [-0.25, -0.2) is 0 Å². The van der Waals surface area contributed by atoms with Crippen molar-refractivity contribution >= 4 is 6.79 Å². The fourth-order valence-electron chi connectivity index (χ4n) is 0. The van der Waals surface area contributed by atoms with E-state index in [1.54, 1.807) is 0 Å². The Labute approximate surface area is 40.7 Å². The third kappa shape index (κ3) is 33.9. The van der Waals surface area contributed by atoms with Crippen LogP contribution in [0.5, 0.6) is 0 Å². The monoisotopic (exact) mass is 228 g/mol. The van der Waals surface area contributed by atoms with Crippen LogP contribution in [0.1, 0.15) is 0 Å². The van der Waals surface area contributed by atoms with Gasteiger partial charge in [-0.2, -0.15) is 0 Å². The van der Waals surface area contributed by atoms with Crippen molar-refractivity contribution in [3.05, 3.63) is 7.43 Å². The van der Waals surface area contributed by atoms with E-state index in [9.17, 15) is 0 Å². The zero-order chi connectivity index (χ0) is 2.00. The zero-order valence-electron chi connectivity index (χ0n) is 2.39. The summed E-state index contributed by atoms with van der Waals surface area (Å²) in [7, 11) is 0. The Morgan fingerprint density at radius 2 is 1.25 bits per heavy atom. The maximum Gasteiger partial charge on any atom is 2.00 e. The quantitative estimate of drug-likeness (QED) is 0.426. The summed E-state index contributed by atoms with van der Waals surface area (Å²) >= 11 is 0. The molecule has 0 aliphatic rings. The molecule has 2 heteroatoms. The fourth-order valence-corrected chi connectivity index (χ4v) is 0. The normalized spacial score (nSPS) is 1.00. The van der Waals surface area contributed by atoms with E-state index in [0.717, 1.165) is 0 Å². The molecule has 0 aromatic carbocycles. The molecule has 0 heterocycles. The minimum atomic E-state index is 0. The van der Waals surface area contributed by atoms with Crippen molar-refractivity contribution in [2.75, 3.05) is 0 Å². The molecular formula is C2H4OW. The average molecular weight is 228 g/mol. The first kappa shape index (κ1) is 26.6. The van der Waals surface area contributed by atoms with E-state index in [2.05, 4.69) is 6.79 Å². The second-order valence-corrected chi connectivity index (χ2v) is 0. The van der Waals surface area contributed by atoms with Crippen LogP contribution in [-0.2, 0) is 25.9 Å². The first-order chi connectivity index (χ1) is 1.00. The van der Waals surface area contributed by atoms with Crippen LogP contribution in [0.3, 0.4) is 0 Å². The van der Waals surface area contributed by atoms with E-state index >= 15 is 0 Å². The molecule has 0 saturated heterocycles. The molecule has 0 saturated carbocycles. The molecule has 0 aromatic heterocycles. The Morgan fingerprint density at radius 3 is 1.25 bits per heavy atom. The Bertz CT molecular complexity index is 6.00. The van der Waals surface area contributed by atoms with Gasteiger partial charge in [-0.05, 0) is 0 Å². The van der Waals surface area contributed by atoms with Gasteiger partial charge in [0.25, 0.3) is 0 Å². The molecule has 0 rings (SSSR count). The first-order valence-corrected chi connectivity index (χ1v) is 0.236. The van der Waals surface area contributed by atoms with Gasteiger partial charge in [0.2, 0.25) is 0 Å². The molecule has 0 fully saturated rings. The molecule has 0 N–H and O–H groups in total. The van der Waals surface area contributed by atoms with Crippen molar-refractivity contribution in [1.29, 1.82) is 0 Å². The van der Waals surface area contributed by atoms with E-state index in [4.69, 9.17) is 4.79 Å². The smallest absolute Gasteiger partial charge is 0.545 e. The summed E-state index contributed by atoms with van der Waals surface area (Å²) < 4.78 is 0. The van der Waals surface area contributed by atoms with Crippen molar-refractivity contribution in [3.63, 3.8) is 0 Å². The largest absolute Gasteiger partial charge is 2.00 e. The molecule has 4 heavy (non-hydrogen) atoms. The molecule has 24 valence electrons. The second-order valence-electron chi connectivity index (χ2n) is 0. The van der Waals surface area contributed by atoms with Crippen molar-refractivity contribution < 1.29 is 25.9 Å². The van der Waals surface area contributed by atoms with Gasteiger partial charge in [-0.15, -0.1) is 0 Å². The Kier molecular flexibility index (Phi) is 969. The predicted molar refractivity (Wildman–Crippen MR) is 13.2 cm³/mol. The maximum atomic E-state index is 7.75. The Hall–Kier alpha value is 0.358. The van der Waals surface area contributed by atoms with Gasteiger partial charge in [-0.1, -0.05) is 0 Å². The maximum absolute atomic E-state index is 7.75. The van der Waals surface area contributed by atoms with Gasteiger partial charge in [0.05, 0.1) is 0 Å². The number of hydrogen-bond acceptors (Lipinski definition) is 1.